The van der Waals surface area contributed by atoms with Crippen molar-refractivity contribution in [3.05, 3.63) is 199 Å². The van der Waals surface area contributed by atoms with E-state index in [1.54, 1.807) is 0 Å². The third-order valence-electron chi connectivity index (χ3n) is 10.1. The van der Waals surface area contributed by atoms with Gasteiger partial charge in [0.25, 0.3) is 0 Å². The second kappa shape index (κ2) is 12.8. The van der Waals surface area contributed by atoms with E-state index in [4.69, 9.17) is 0 Å². The van der Waals surface area contributed by atoms with Crippen molar-refractivity contribution >= 4 is 49.4 Å². The minimum Gasteiger partial charge on any atom is -0.311 e. The van der Waals surface area contributed by atoms with Gasteiger partial charge in [0, 0.05) is 17.1 Å². The monoisotopic (exact) mass is 651 g/mol. The second-order valence-electron chi connectivity index (χ2n) is 13.5. The first-order valence-electron chi connectivity index (χ1n) is 17.7. The number of fused-ring (bicyclic) bond motifs is 3. The Balaban J connectivity index is 1.27. The van der Waals surface area contributed by atoms with Crippen LogP contribution < -0.4 is 4.90 Å². The van der Waals surface area contributed by atoms with Crippen LogP contribution in [0.5, 0.6) is 0 Å². The molecule has 0 aromatic heterocycles. The summed E-state index contributed by atoms with van der Waals surface area (Å²) in [4.78, 5) is 2.34. The van der Waals surface area contributed by atoms with Crippen LogP contribution in [0.1, 0.15) is 11.1 Å². The van der Waals surface area contributed by atoms with Gasteiger partial charge >= 0.3 is 0 Å². The molecule has 9 rings (SSSR count). The molecule has 0 N–H and O–H groups in total. The summed E-state index contributed by atoms with van der Waals surface area (Å²) in [5.41, 5.74) is 13.3. The molecule has 0 spiro atoms. The van der Waals surface area contributed by atoms with Crippen LogP contribution in [-0.4, -0.2) is 0 Å². The van der Waals surface area contributed by atoms with Gasteiger partial charge in [0.15, 0.2) is 0 Å². The molecule has 0 aliphatic carbocycles. The van der Waals surface area contributed by atoms with E-state index < -0.39 is 0 Å². The summed E-state index contributed by atoms with van der Waals surface area (Å²) in [6.07, 6.45) is 0. The topological polar surface area (TPSA) is 3.24 Å². The van der Waals surface area contributed by atoms with Gasteiger partial charge in [-0.15, -0.1) is 0 Å². The normalized spacial score (nSPS) is 11.3. The first-order chi connectivity index (χ1) is 25.1. The molecule has 9 aromatic carbocycles. The maximum absolute atomic E-state index is 2.40. The Hall–Kier alpha value is -6.44. The number of benzene rings is 9. The van der Waals surface area contributed by atoms with Gasteiger partial charge < -0.3 is 4.90 Å². The molecule has 1 nitrogen and oxygen atoms in total. The predicted octanol–water partition coefficient (Wildman–Crippen LogP) is 14.2. The molecule has 51 heavy (non-hydrogen) atoms. The Kier molecular flexibility index (Phi) is 7.67. The van der Waals surface area contributed by atoms with Gasteiger partial charge in [-0.2, -0.15) is 0 Å². The van der Waals surface area contributed by atoms with Crippen molar-refractivity contribution in [3.63, 3.8) is 0 Å². The first-order valence-corrected chi connectivity index (χ1v) is 17.7. The largest absolute Gasteiger partial charge is 0.311 e. The molecule has 0 radical (unpaired) electrons. The SMILES string of the molecule is Cc1ccc(N(c2ccc(C)cc2)c2ccc(-c3c4ccccc4c(-c4cccc(-c5ccccc5)c4)c4cc5ccccc5cc34)cc2)cc1. The molecule has 0 amide bonds. The molecular weight excluding hydrogens is 615 g/mol. The molecule has 0 saturated heterocycles. The van der Waals surface area contributed by atoms with Crippen molar-refractivity contribution in [2.24, 2.45) is 0 Å². The average molecular weight is 652 g/mol. The molecule has 242 valence electrons. The maximum Gasteiger partial charge on any atom is 0.0462 e. The van der Waals surface area contributed by atoms with E-state index >= 15 is 0 Å². The van der Waals surface area contributed by atoms with Crippen molar-refractivity contribution in [1.29, 1.82) is 0 Å². The van der Waals surface area contributed by atoms with Crippen LogP contribution in [0.25, 0.3) is 65.7 Å². The third kappa shape index (κ3) is 5.63. The molecule has 0 saturated carbocycles. The zero-order valence-corrected chi connectivity index (χ0v) is 28.8. The van der Waals surface area contributed by atoms with Crippen molar-refractivity contribution < 1.29 is 0 Å². The summed E-state index contributed by atoms with van der Waals surface area (Å²) in [7, 11) is 0. The number of nitrogens with zero attached hydrogens (tertiary/aromatic N) is 1. The highest BCUT2D eigenvalue weighted by Gasteiger charge is 2.19. The van der Waals surface area contributed by atoms with E-state index in [9.17, 15) is 0 Å². The fourth-order valence-electron chi connectivity index (χ4n) is 7.58. The summed E-state index contributed by atoms with van der Waals surface area (Å²) < 4.78 is 0. The Morgan fingerprint density at radius 2 is 0.725 bits per heavy atom. The minimum absolute atomic E-state index is 1.12. The van der Waals surface area contributed by atoms with Crippen LogP contribution >= 0.6 is 0 Å². The van der Waals surface area contributed by atoms with Gasteiger partial charge in [-0.05, 0) is 134 Å². The smallest absolute Gasteiger partial charge is 0.0462 e. The molecule has 0 heterocycles. The quantitative estimate of drug-likeness (QED) is 0.162. The lowest BCUT2D eigenvalue weighted by molar-refractivity contribution is 1.27. The van der Waals surface area contributed by atoms with E-state index in [0.29, 0.717) is 0 Å². The molecule has 0 fully saturated rings. The van der Waals surface area contributed by atoms with Gasteiger partial charge in [0.2, 0.25) is 0 Å². The third-order valence-corrected chi connectivity index (χ3v) is 10.1. The van der Waals surface area contributed by atoms with Crippen molar-refractivity contribution in [2.75, 3.05) is 4.90 Å². The molecular formula is C50H37N. The van der Waals surface area contributed by atoms with Crippen LogP contribution in [0.2, 0.25) is 0 Å². The van der Waals surface area contributed by atoms with Crippen molar-refractivity contribution in [1.82, 2.24) is 0 Å². The highest BCUT2D eigenvalue weighted by molar-refractivity contribution is 6.23. The lowest BCUT2D eigenvalue weighted by atomic mass is 9.84. The van der Waals surface area contributed by atoms with E-state index in [1.807, 2.05) is 0 Å². The number of anilines is 3. The van der Waals surface area contributed by atoms with Crippen molar-refractivity contribution in [2.45, 2.75) is 13.8 Å². The maximum atomic E-state index is 2.40. The molecule has 9 aromatic rings. The summed E-state index contributed by atoms with van der Waals surface area (Å²) in [5.74, 6) is 0. The lowest BCUT2D eigenvalue weighted by Crippen LogP contribution is -2.09. The molecule has 0 aliphatic heterocycles. The minimum atomic E-state index is 1.12. The van der Waals surface area contributed by atoms with Gasteiger partial charge in [-0.3, -0.25) is 0 Å². The average Bonchev–Trinajstić information content (AvgIpc) is 3.18. The Labute approximate surface area is 299 Å². The van der Waals surface area contributed by atoms with Gasteiger partial charge in [0.05, 0.1) is 0 Å². The summed E-state index contributed by atoms with van der Waals surface area (Å²) in [6, 6.07) is 68.9. The van der Waals surface area contributed by atoms with E-state index in [1.165, 1.54) is 76.8 Å². The van der Waals surface area contributed by atoms with E-state index in [0.717, 1.165) is 17.1 Å². The standard InChI is InChI=1S/C50H37N/c1-34-19-25-42(26-20-34)51(43-27-21-35(2)22-28-43)44-29-23-37(24-30-44)49-45-17-8-9-18-46(45)50(48-33-40-14-7-6-13-39(40)32-47(48)49)41-16-10-15-38(31-41)36-11-4-3-5-12-36/h3-33H,1-2H3. The summed E-state index contributed by atoms with van der Waals surface area (Å²) >= 11 is 0. The molecule has 0 atom stereocenters. The Bertz CT molecular complexity index is 2620. The zero-order valence-electron chi connectivity index (χ0n) is 28.8. The first kappa shape index (κ1) is 30.6. The van der Waals surface area contributed by atoms with Crippen LogP contribution in [0.3, 0.4) is 0 Å². The number of hydrogen-bond acceptors (Lipinski definition) is 1. The molecule has 1 heteroatoms. The fourth-order valence-corrected chi connectivity index (χ4v) is 7.58. The van der Waals surface area contributed by atoms with Gasteiger partial charge in [0.1, 0.15) is 0 Å². The molecule has 0 bridgehead atoms. The Morgan fingerprint density at radius 3 is 1.27 bits per heavy atom. The van der Waals surface area contributed by atoms with E-state index in [-0.39, 0.29) is 0 Å². The lowest BCUT2D eigenvalue weighted by Gasteiger charge is -2.26. The number of rotatable bonds is 6. The second-order valence-corrected chi connectivity index (χ2v) is 13.5. The van der Waals surface area contributed by atoms with E-state index in [2.05, 4.69) is 207 Å². The predicted molar refractivity (Wildman–Crippen MR) is 219 cm³/mol. The highest BCUT2D eigenvalue weighted by Crippen LogP contribution is 2.46. The van der Waals surface area contributed by atoms with Crippen LogP contribution in [-0.2, 0) is 0 Å². The number of aryl methyl sites for hydroxylation is 2. The van der Waals surface area contributed by atoms with Crippen LogP contribution in [0.4, 0.5) is 17.1 Å². The Morgan fingerprint density at radius 1 is 0.294 bits per heavy atom. The zero-order chi connectivity index (χ0) is 34.3. The fraction of sp³-hybridized carbons (Fsp3) is 0.0400. The van der Waals surface area contributed by atoms with Gasteiger partial charge in [-0.25, -0.2) is 0 Å². The molecule has 0 unspecified atom stereocenters. The highest BCUT2D eigenvalue weighted by atomic mass is 15.1. The van der Waals surface area contributed by atoms with Crippen molar-refractivity contribution in [3.8, 4) is 33.4 Å². The summed E-state index contributed by atoms with van der Waals surface area (Å²) in [5, 5.41) is 7.51. The summed E-state index contributed by atoms with van der Waals surface area (Å²) in [6.45, 7) is 4.27. The number of hydrogen-bond donors (Lipinski definition) is 0. The molecule has 0 aliphatic rings. The van der Waals surface area contributed by atoms with Crippen LogP contribution in [0.15, 0.2) is 188 Å². The van der Waals surface area contributed by atoms with Gasteiger partial charge in [-0.1, -0.05) is 145 Å². The van der Waals surface area contributed by atoms with Crippen LogP contribution in [0, 0.1) is 13.8 Å².